The lowest BCUT2D eigenvalue weighted by Gasteiger charge is -2.15. The lowest BCUT2D eigenvalue weighted by atomic mass is 10.1. The van der Waals surface area contributed by atoms with Crippen molar-refractivity contribution in [2.75, 3.05) is 12.4 Å². The Morgan fingerprint density at radius 1 is 1.09 bits per heavy atom. The van der Waals surface area contributed by atoms with E-state index in [1.54, 1.807) is 19.2 Å². The van der Waals surface area contributed by atoms with Gasteiger partial charge >= 0.3 is 0 Å². The van der Waals surface area contributed by atoms with Crippen molar-refractivity contribution in [3.63, 3.8) is 0 Å². The van der Waals surface area contributed by atoms with E-state index in [1.807, 2.05) is 37.3 Å². The minimum absolute atomic E-state index is 0. The van der Waals surface area contributed by atoms with Gasteiger partial charge in [0.15, 0.2) is 11.5 Å². The molecular weight excluding hydrogens is 457 g/mol. The molecule has 0 aliphatic carbocycles. The van der Waals surface area contributed by atoms with Crippen molar-refractivity contribution in [3.8, 4) is 23.1 Å². The molecule has 0 amide bonds. The molecule has 3 N–H and O–H groups in total. The number of H-pyrrole nitrogens is 1. The van der Waals surface area contributed by atoms with Gasteiger partial charge < -0.3 is 15.4 Å². The van der Waals surface area contributed by atoms with Crippen molar-refractivity contribution >= 4 is 24.0 Å². The third-order valence-electron chi connectivity index (χ3n) is 5.14. The molecule has 0 aliphatic rings. The molecule has 0 spiro atoms. The molecule has 0 saturated heterocycles. The first kappa shape index (κ1) is 24.6. The molecule has 4 aromatic rings. The van der Waals surface area contributed by atoms with Crippen LogP contribution in [-0.4, -0.2) is 27.3 Å². The Morgan fingerprint density at radius 2 is 1.88 bits per heavy atom. The summed E-state index contributed by atoms with van der Waals surface area (Å²) < 4.78 is 18.7. The van der Waals surface area contributed by atoms with Crippen LogP contribution in [0.2, 0.25) is 0 Å². The van der Waals surface area contributed by atoms with E-state index in [0.717, 1.165) is 22.4 Å². The lowest BCUT2D eigenvalue weighted by Crippen LogP contribution is -2.18. The molecule has 10 heteroatoms. The van der Waals surface area contributed by atoms with Crippen molar-refractivity contribution < 1.29 is 9.13 Å². The maximum Gasteiger partial charge on any atom is 0.158 e. The highest BCUT2D eigenvalue weighted by atomic mass is 35.5. The Kier molecular flexibility index (Phi) is 8.14. The van der Waals surface area contributed by atoms with Gasteiger partial charge in [0.05, 0.1) is 25.2 Å². The smallest absolute Gasteiger partial charge is 0.158 e. The monoisotopic (exact) mass is 479 g/mol. The van der Waals surface area contributed by atoms with Crippen molar-refractivity contribution in [1.29, 1.82) is 5.26 Å². The van der Waals surface area contributed by atoms with E-state index in [0.29, 0.717) is 23.9 Å². The molecule has 174 valence electrons. The number of methoxy groups -OCH3 is 1. The zero-order valence-corrected chi connectivity index (χ0v) is 19.4. The lowest BCUT2D eigenvalue weighted by molar-refractivity contribution is 0.415. The molecule has 0 unspecified atom stereocenters. The average Bonchev–Trinajstić information content (AvgIpc) is 3.31. The zero-order valence-electron chi connectivity index (χ0n) is 18.5. The van der Waals surface area contributed by atoms with Crippen molar-refractivity contribution in [2.24, 2.45) is 0 Å². The van der Waals surface area contributed by atoms with Crippen LogP contribution in [0.25, 0.3) is 11.3 Å². The fraction of sp³-hybridized carbons (Fsp3) is 0.167. The number of nitrogens with one attached hydrogen (secondary N) is 3. The number of aromatic amines is 1. The summed E-state index contributed by atoms with van der Waals surface area (Å²) in [7, 11) is 1.62. The Balaban J connectivity index is 0.00000324. The number of nitriles is 1. The third kappa shape index (κ3) is 5.86. The van der Waals surface area contributed by atoms with Gasteiger partial charge in [0.1, 0.15) is 23.5 Å². The number of rotatable bonds is 8. The van der Waals surface area contributed by atoms with Gasteiger partial charge in [-0.1, -0.05) is 18.2 Å². The van der Waals surface area contributed by atoms with Gasteiger partial charge in [0.2, 0.25) is 0 Å². The summed E-state index contributed by atoms with van der Waals surface area (Å²) in [5, 5.41) is 22.6. The van der Waals surface area contributed by atoms with Crippen LogP contribution in [0.5, 0.6) is 5.75 Å². The summed E-state index contributed by atoms with van der Waals surface area (Å²) in [5.41, 5.74) is 3.95. The Morgan fingerprint density at radius 3 is 2.56 bits per heavy atom. The number of aromatic nitrogens is 4. The Hall–Kier alpha value is -4.00. The summed E-state index contributed by atoms with van der Waals surface area (Å²) in [6, 6.07) is 16.3. The van der Waals surface area contributed by atoms with E-state index in [-0.39, 0.29) is 30.0 Å². The minimum Gasteiger partial charge on any atom is -0.496 e. The molecule has 4 rings (SSSR count). The van der Waals surface area contributed by atoms with Crippen molar-refractivity contribution in [3.05, 3.63) is 83.6 Å². The van der Waals surface area contributed by atoms with Crippen LogP contribution in [0.3, 0.4) is 0 Å². The van der Waals surface area contributed by atoms with Gasteiger partial charge in [-0.05, 0) is 42.3 Å². The molecule has 0 radical (unpaired) electrons. The van der Waals surface area contributed by atoms with Crippen LogP contribution < -0.4 is 15.4 Å². The predicted octanol–water partition coefficient (Wildman–Crippen LogP) is 4.90. The van der Waals surface area contributed by atoms with Gasteiger partial charge in [-0.15, -0.1) is 12.4 Å². The molecule has 34 heavy (non-hydrogen) atoms. The van der Waals surface area contributed by atoms with E-state index in [2.05, 4.69) is 30.8 Å². The normalized spacial score (nSPS) is 11.2. The molecule has 2 aromatic heterocycles. The van der Waals surface area contributed by atoms with E-state index in [9.17, 15) is 4.39 Å². The second-order valence-electron chi connectivity index (χ2n) is 7.38. The van der Waals surface area contributed by atoms with Crippen LogP contribution in [0.4, 0.5) is 16.0 Å². The zero-order chi connectivity index (χ0) is 23.2. The van der Waals surface area contributed by atoms with Gasteiger partial charge in [0, 0.05) is 24.2 Å². The molecule has 0 aliphatic heterocycles. The van der Waals surface area contributed by atoms with Gasteiger partial charge in [-0.3, -0.25) is 5.10 Å². The number of benzene rings is 2. The van der Waals surface area contributed by atoms with Crippen molar-refractivity contribution in [1.82, 2.24) is 25.5 Å². The number of hydrogen-bond donors (Lipinski definition) is 3. The quantitative estimate of drug-likeness (QED) is 0.329. The second kappa shape index (κ2) is 11.2. The molecule has 2 aromatic carbocycles. The summed E-state index contributed by atoms with van der Waals surface area (Å²) >= 11 is 0. The molecule has 0 saturated carbocycles. The van der Waals surface area contributed by atoms with Gasteiger partial charge in [0.25, 0.3) is 0 Å². The summed E-state index contributed by atoms with van der Waals surface area (Å²) in [5.74, 6) is 1.51. The van der Waals surface area contributed by atoms with Gasteiger partial charge in [-0.2, -0.15) is 10.4 Å². The molecular formula is C24H23ClFN7O. The Labute approximate surface area is 202 Å². The summed E-state index contributed by atoms with van der Waals surface area (Å²) in [6.45, 7) is 2.67. The SMILES string of the molecule is COc1cc(CN[C@@H](C)c2ccc(F)cc2)ccc1-c1cc(Nc2cnc(C#N)cn2)n[nH]1.Cl. The minimum atomic E-state index is -0.242. The molecule has 2 heterocycles. The number of halogens is 2. The average molecular weight is 480 g/mol. The summed E-state index contributed by atoms with van der Waals surface area (Å²) in [4.78, 5) is 8.11. The maximum atomic E-state index is 13.1. The largest absolute Gasteiger partial charge is 0.496 e. The van der Waals surface area contributed by atoms with Crippen LogP contribution in [0.15, 0.2) is 60.9 Å². The van der Waals surface area contributed by atoms with Crippen LogP contribution in [0, 0.1) is 17.1 Å². The van der Waals surface area contributed by atoms with E-state index >= 15 is 0 Å². The number of nitrogens with zero attached hydrogens (tertiary/aromatic N) is 4. The first-order chi connectivity index (χ1) is 16.1. The maximum absolute atomic E-state index is 13.1. The van der Waals surface area contributed by atoms with E-state index in [4.69, 9.17) is 10.00 Å². The second-order valence-corrected chi connectivity index (χ2v) is 7.38. The van der Waals surface area contributed by atoms with E-state index in [1.165, 1.54) is 24.5 Å². The molecule has 0 bridgehead atoms. The first-order valence-corrected chi connectivity index (χ1v) is 10.3. The highest BCUT2D eigenvalue weighted by Crippen LogP contribution is 2.31. The standard InChI is InChI=1S/C24H22FN7O.ClH/c1-15(17-4-6-18(25)7-5-17)27-12-16-3-8-20(22(9-16)33-2)21-10-23(32-31-21)30-24-14-28-19(11-26)13-29-24;/h3-10,13-15,27H,12H2,1-2H3,(H2,29,30,31,32);1H/t15-;/m0./s1. The van der Waals surface area contributed by atoms with Crippen LogP contribution >= 0.6 is 12.4 Å². The fourth-order valence-corrected chi connectivity index (χ4v) is 3.31. The molecule has 1 atom stereocenters. The number of ether oxygens (including phenoxy) is 1. The molecule has 8 nitrogen and oxygen atoms in total. The fourth-order valence-electron chi connectivity index (χ4n) is 3.31. The number of anilines is 2. The highest BCUT2D eigenvalue weighted by molar-refractivity contribution is 5.85. The van der Waals surface area contributed by atoms with Crippen molar-refractivity contribution in [2.45, 2.75) is 19.5 Å². The number of hydrogen-bond acceptors (Lipinski definition) is 7. The highest BCUT2D eigenvalue weighted by Gasteiger charge is 2.12. The molecule has 0 fully saturated rings. The van der Waals surface area contributed by atoms with Gasteiger partial charge in [-0.25, -0.2) is 14.4 Å². The van der Waals surface area contributed by atoms with Crippen LogP contribution in [-0.2, 0) is 6.54 Å². The Bertz CT molecular complexity index is 1270. The van der Waals surface area contributed by atoms with Crippen LogP contribution in [0.1, 0.15) is 29.8 Å². The van der Waals surface area contributed by atoms with E-state index < -0.39 is 0 Å². The first-order valence-electron chi connectivity index (χ1n) is 10.3. The third-order valence-corrected chi connectivity index (χ3v) is 5.14. The predicted molar refractivity (Wildman–Crippen MR) is 130 cm³/mol. The summed E-state index contributed by atoms with van der Waals surface area (Å²) in [6.07, 6.45) is 2.87. The topological polar surface area (TPSA) is 112 Å².